The lowest BCUT2D eigenvalue weighted by Gasteiger charge is -2.52. The van der Waals surface area contributed by atoms with Gasteiger partial charge in [0, 0.05) is 23.8 Å². The maximum atomic E-state index is 12.9. The van der Waals surface area contributed by atoms with Gasteiger partial charge >= 0.3 is 0 Å². The number of carbonyl (C=O) groups excluding carboxylic acids is 1. The highest BCUT2D eigenvalue weighted by molar-refractivity contribution is 5.81. The van der Waals surface area contributed by atoms with E-state index in [9.17, 15) is 15.2 Å². The predicted molar refractivity (Wildman–Crippen MR) is 105 cm³/mol. The van der Waals surface area contributed by atoms with E-state index in [4.69, 9.17) is 0 Å². The molecule has 0 radical (unpaired) electrons. The summed E-state index contributed by atoms with van der Waals surface area (Å²) in [7, 11) is 0. The quantitative estimate of drug-likeness (QED) is 0.830. The minimum atomic E-state index is -0.492. The van der Waals surface area contributed by atoms with Crippen molar-refractivity contribution >= 4 is 5.91 Å². The number of likely N-dealkylation sites (tertiary alicyclic amines) is 1. The van der Waals surface area contributed by atoms with E-state index in [1.807, 2.05) is 24.3 Å². The van der Waals surface area contributed by atoms with E-state index in [0.29, 0.717) is 0 Å². The number of benzene rings is 1. The summed E-state index contributed by atoms with van der Waals surface area (Å²) in [6.07, 6.45) is 7.07. The summed E-state index contributed by atoms with van der Waals surface area (Å²) in [6.45, 7) is 1.99. The van der Waals surface area contributed by atoms with Crippen molar-refractivity contribution in [1.29, 1.82) is 5.26 Å². The van der Waals surface area contributed by atoms with Crippen LogP contribution >= 0.6 is 0 Å². The second-order valence-electron chi connectivity index (χ2n) is 7.60. The fourth-order valence-corrected chi connectivity index (χ4v) is 4.35. The highest BCUT2D eigenvalue weighted by Gasteiger charge is 2.52. The maximum absolute atomic E-state index is 12.9. The first kappa shape index (κ1) is 19.5. The first-order chi connectivity index (χ1) is 13.2. The Morgan fingerprint density at radius 1 is 1.22 bits per heavy atom. The van der Waals surface area contributed by atoms with Gasteiger partial charge in [0.25, 0.3) is 0 Å². The molecular formula is C23H28N2O2. The van der Waals surface area contributed by atoms with Crippen molar-refractivity contribution in [2.45, 2.75) is 69.9 Å². The molecule has 1 heterocycles. The molecule has 1 aliphatic carbocycles. The molecule has 1 N–H and O–H groups in total. The third-order valence-corrected chi connectivity index (χ3v) is 5.84. The lowest BCUT2D eigenvalue weighted by Crippen LogP contribution is -2.66. The number of nitrogens with zero attached hydrogens (tertiary/aromatic N) is 2. The van der Waals surface area contributed by atoms with Gasteiger partial charge in [-0.05, 0) is 37.0 Å². The van der Waals surface area contributed by atoms with Gasteiger partial charge in [0.2, 0.25) is 5.91 Å². The van der Waals surface area contributed by atoms with Gasteiger partial charge in [-0.3, -0.25) is 4.79 Å². The van der Waals surface area contributed by atoms with Crippen LogP contribution in [-0.4, -0.2) is 34.6 Å². The third kappa shape index (κ3) is 4.02. The average molecular weight is 364 g/mol. The van der Waals surface area contributed by atoms with Crippen LogP contribution < -0.4 is 0 Å². The molecule has 1 aromatic carbocycles. The Morgan fingerprint density at radius 2 is 1.93 bits per heavy atom. The Labute approximate surface area is 162 Å². The smallest absolute Gasteiger partial charge is 0.227 e. The van der Waals surface area contributed by atoms with Gasteiger partial charge in [-0.15, -0.1) is 0 Å². The lowest BCUT2D eigenvalue weighted by molar-refractivity contribution is -0.152. The predicted octanol–water partition coefficient (Wildman–Crippen LogP) is 3.60. The van der Waals surface area contributed by atoms with Gasteiger partial charge in [-0.1, -0.05) is 50.2 Å². The fraction of sp³-hybridized carbons (Fsp3) is 0.565. The van der Waals surface area contributed by atoms with Crippen molar-refractivity contribution in [2.75, 3.05) is 6.61 Å². The molecule has 3 rings (SSSR count). The van der Waals surface area contributed by atoms with Gasteiger partial charge < -0.3 is 10.0 Å². The van der Waals surface area contributed by atoms with Crippen LogP contribution in [0.3, 0.4) is 0 Å². The fourth-order valence-electron chi connectivity index (χ4n) is 4.35. The van der Waals surface area contributed by atoms with Crippen LogP contribution in [0, 0.1) is 29.1 Å². The second kappa shape index (κ2) is 9.07. The second-order valence-corrected chi connectivity index (χ2v) is 7.60. The highest BCUT2D eigenvalue weighted by Crippen LogP contribution is 2.42. The summed E-state index contributed by atoms with van der Waals surface area (Å²) in [4.78, 5) is 14.6. The number of rotatable bonds is 4. The molecule has 4 heteroatoms. The third-order valence-electron chi connectivity index (χ3n) is 5.84. The molecule has 2 fully saturated rings. The monoisotopic (exact) mass is 364 g/mol. The summed E-state index contributed by atoms with van der Waals surface area (Å²) in [5.41, 5.74) is 1.95. The summed E-state index contributed by atoms with van der Waals surface area (Å²) in [5, 5.41) is 19.6. The number of amides is 1. The molecular weight excluding hydrogens is 336 g/mol. The molecule has 1 saturated carbocycles. The zero-order chi connectivity index (χ0) is 19.2. The zero-order valence-electron chi connectivity index (χ0n) is 16.0. The molecule has 0 aromatic heterocycles. The maximum Gasteiger partial charge on any atom is 0.227 e. The number of aliphatic hydroxyl groups is 1. The molecule has 4 nitrogen and oxygen atoms in total. The minimum Gasteiger partial charge on any atom is -0.394 e. The molecule has 1 amide bonds. The van der Waals surface area contributed by atoms with E-state index < -0.39 is 6.04 Å². The van der Waals surface area contributed by atoms with Crippen LogP contribution in [0.1, 0.15) is 68.9 Å². The number of aliphatic hydroxyl groups excluding tert-OH is 1. The van der Waals surface area contributed by atoms with E-state index in [1.165, 1.54) is 6.42 Å². The molecule has 3 atom stereocenters. The van der Waals surface area contributed by atoms with E-state index in [2.05, 4.69) is 24.8 Å². The Kier molecular flexibility index (Phi) is 6.54. The van der Waals surface area contributed by atoms with Crippen molar-refractivity contribution in [3.05, 3.63) is 35.4 Å². The zero-order valence-corrected chi connectivity index (χ0v) is 16.0. The topological polar surface area (TPSA) is 64.3 Å². The molecule has 1 aliphatic heterocycles. The Balaban J connectivity index is 1.75. The Bertz CT molecular complexity index is 747. The van der Waals surface area contributed by atoms with Crippen molar-refractivity contribution in [3.8, 4) is 17.9 Å². The summed E-state index contributed by atoms with van der Waals surface area (Å²) < 4.78 is 0. The Hall–Kier alpha value is -2.30. The van der Waals surface area contributed by atoms with Crippen molar-refractivity contribution in [3.63, 3.8) is 0 Å². The number of nitriles is 1. The molecule has 1 saturated heterocycles. The van der Waals surface area contributed by atoms with Crippen LogP contribution in [0.25, 0.3) is 0 Å². The van der Waals surface area contributed by atoms with Gasteiger partial charge in [0.05, 0.1) is 18.7 Å². The molecule has 2 aliphatic rings. The molecule has 0 bridgehead atoms. The number of hydrogen-bond acceptors (Lipinski definition) is 3. The number of unbranched alkanes of at least 4 members (excludes halogenated alkanes) is 1. The molecule has 1 aromatic rings. The molecule has 142 valence electrons. The summed E-state index contributed by atoms with van der Waals surface area (Å²) >= 11 is 0. The van der Waals surface area contributed by atoms with E-state index >= 15 is 0 Å². The van der Waals surface area contributed by atoms with Crippen molar-refractivity contribution < 1.29 is 9.90 Å². The summed E-state index contributed by atoms with van der Waals surface area (Å²) in [5.74, 6) is 6.21. The first-order valence-corrected chi connectivity index (χ1v) is 10.1. The molecule has 0 spiro atoms. The van der Waals surface area contributed by atoms with Crippen molar-refractivity contribution in [2.24, 2.45) is 5.92 Å². The van der Waals surface area contributed by atoms with Crippen LogP contribution in [0.4, 0.5) is 0 Å². The Morgan fingerprint density at radius 3 is 2.52 bits per heavy atom. The normalized spacial score (nSPS) is 25.1. The largest absolute Gasteiger partial charge is 0.394 e. The lowest BCUT2D eigenvalue weighted by atomic mass is 9.74. The minimum absolute atomic E-state index is 0.0146. The van der Waals surface area contributed by atoms with Crippen LogP contribution in [0.15, 0.2) is 24.3 Å². The van der Waals surface area contributed by atoms with Gasteiger partial charge in [0.1, 0.15) is 6.04 Å². The first-order valence-electron chi connectivity index (χ1n) is 10.1. The average Bonchev–Trinajstić information content (AvgIpc) is 2.70. The van der Waals surface area contributed by atoms with Crippen LogP contribution in [-0.2, 0) is 4.79 Å². The molecule has 0 unspecified atom stereocenters. The van der Waals surface area contributed by atoms with Gasteiger partial charge in [-0.2, -0.15) is 5.26 Å². The van der Waals surface area contributed by atoms with E-state index in [-0.39, 0.29) is 30.4 Å². The van der Waals surface area contributed by atoms with Gasteiger partial charge in [0.15, 0.2) is 0 Å². The summed E-state index contributed by atoms with van der Waals surface area (Å²) in [6, 6.07) is 9.40. The SMILES string of the molecule is CCCC#Cc1ccc([C@H]2[C@@H](CO)N(C(=O)C3CCCCC3)[C@H]2C#N)cc1. The van der Waals surface area contributed by atoms with Crippen molar-refractivity contribution in [1.82, 2.24) is 4.90 Å². The standard InChI is InChI=1S/C23H28N2O2/c1-2-3-5-8-17-11-13-18(14-12-17)22-20(15-24)25(21(22)16-26)23(27)19-9-6-4-7-10-19/h11-14,19-22,26H,2-4,6-7,9-10,16H2,1H3/t20-,21+,22+/m0/s1. The van der Waals surface area contributed by atoms with Crippen LogP contribution in [0.2, 0.25) is 0 Å². The highest BCUT2D eigenvalue weighted by atomic mass is 16.3. The van der Waals surface area contributed by atoms with Crippen LogP contribution in [0.5, 0.6) is 0 Å². The molecule has 27 heavy (non-hydrogen) atoms. The van der Waals surface area contributed by atoms with E-state index in [0.717, 1.165) is 49.7 Å². The van der Waals surface area contributed by atoms with Gasteiger partial charge in [-0.25, -0.2) is 0 Å². The number of hydrogen-bond donors (Lipinski definition) is 1. The number of carbonyl (C=O) groups is 1. The van der Waals surface area contributed by atoms with E-state index in [1.54, 1.807) is 4.90 Å².